The van der Waals surface area contributed by atoms with Gasteiger partial charge in [0.2, 0.25) is 0 Å². The monoisotopic (exact) mass is 199 g/mol. The van der Waals surface area contributed by atoms with E-state index in [1.165, 1.54) is 5.56 Å². The van der Waals surface area contributed by atoms with E-state index >= 15 is 0 Å². The van der Waals surface area contributed by atoms with E-state index in [1.807, 2.05) is 17.7 Å². The molecule has 77 valence electrons. The van der Waals surface area contributed by atoms with Gasteiger partial charge in [-0.3, -0.25) is 0 Å². The smallest absolute Gasteiger partial charge is 0.113 e. The van der Waals surface area contributed by atoms with Gasteiger partial charge in [0, 0.05) is 5.69 Å². The third kappa shape index (κ3) is 1.94. The highest BCUT2D eigenvalue weighted by molar-refractivity contribution is 5.36. The zero-order chi connectivity index (χ0) is 10.8. The molecule has 0 spiro atoms. The molecule has 0 saturated carbocycles. The average molecular weight is 199 g/mol. The van der Waals surface area contributed by atoms with E-state index in [1.54, 1.807) is 0 Å². The van der Waals surface area contributed by atoms with E-state index in [9.17, 15) is 0 Å². The van der Waals surface area contributed by atoms with E-state index in [0.29, 0.717) is 5.92 Å². The number of hydrogen-bond acceptors (Lipinski definition) is 1. The standard InChI is InChI=1S/C13H15N2/c1-10(2)12-4-6-13(7-5-12)15-11(3)8-9-14-15/h4-8,10H,1-3H3. The van der Waals surface area contributed by atoms with Crippen LogP contribution >= 0.6 is 0 Å². The number of benzene rings is 1. The van der Waals surface area contributed by atoms with Gasteiger partial charge in [-0.15, -0.1) is 0 Å². The van der Waals surface area contributed by atoms with Crippen molar-refractivity contribution in [2.24, 2.45) is 0 Å². The first-order valence-corrected chi connectivity index (χ1v) is 5.21. The van der Waals surface area contributed by atoms with Crippen molar-refractivity contribution >= 4 is 0 Å². The number of aromatic nitrogens is 2. The fourth-order valence-corrected chi connectivity index (χ4v) is 1.58. The predicted molar refractivity (Wildman–Crippen MR) is 61.2 cm³/mol. The highest BCUT2D eigenvalue weighted by atomic mass is 15.3. The van der Waals surface area contributed by atoms with Crippen molar-refractivity contribution in [1.82, 2.24) is 9.78 Å². The Kier molecular flexibility index (Phi) is 2.58. The van der Waals surface area contributed by atoms with Crippen molar-refractivity contribution in [1.29, 1.82) is 0 Å². The molecule has 0 fully saturated rings. The zero-order valence-electron chi connectivity index (χ0n) is 9.36. The zero-order valence-corrected chi connectivity index (χ0v) is 9.36. The Hall–Kier alpha value is -1.57. The molecule has 0 aliphatic carbocycles. The quantitative estimate of drug-likeness (QED) is 0.726. The molecule has 2 rings (SSSR count). The molecular formula is C13H15N2. The summed E-state index contributed by atoms with van der Waals surface area (Å²) in [7, 11) is 0. The van der Waals surface area contributed by atoms with Crippen LogP contribution in [0, 0.1) is 13.1 Å². The molecule has 1 heterocycles. The number of rotatable bonds is 2. The topological polar surface area (TPSA) is 17.8 Å². The molecule has 0 N–H and O–H groups in total. The number of nitrogens with zero attached hydrogens (tertiary/aromatic N) is 2. The van der Waals surface area contributed by atoms with Gasteiger partial charge in [-0.05, 0) is 36.6 Å². The van der Waals surface area contributed by atoms with Crippen LogP contribution in [-0.4, -0.2) is 9.78 Å². The molecular weight excluding hydrogens is 184 g/mol. The minimum Gasteiger partial charge on any atom is -0.237 e. The highest BCUT2D eigenvalue weighted by Crippen LogP contribution is 2.17. The van der Waals surface area contributed by atoms with Gasteiger partial charge in [0.25, 0.3) is 0 Å². The SMILES string of the molecule is Cc1c[c]nn1-c1ccc(C(C)C)cc1. The van der Waals surface area contributed by atoms with E-state index < -0.39 is 0 Å². The molecule has 1 radical (unpaired) electrons. The molecule has 0 saturated heterocycles. The summed E-state index contributed by atoms with van der Waals surface area (Å²) >= 11 is 0. The van der Waals surface area contributed by atoms with Gasteiger partial charge in [0.05, 0.1) is 5.69 Å². The van der Waals surface area contributed by atoms with Crippen molar-refractivity contribution in [2.45, 2.75) is 26.7 Å². The Balaban J connectivity index is 2.36. The lowest BCUT2D eigenvalue weighted by atomic mass is 10.0. The van der Waals surface area contributed by atoms with E-state index in [-0.39, 0.29) is 0 Å². The Morgan fingerprint density at radius 2 is 1.87 bits per heavy atom. The minimum atomic E-state index is 0.573. The van der Waals surface area contributed by atoms with Crippen LogP contribution in [-0.2, 0) is 0 Å². The van der Waals surface area contributed by atoms with Gasteiger partial charge in [-0.25, -0.2) is 4.68 Å². The Morgan fingerprint density at radius 1 is 1.20 bits per heavy atom. The number of hydrogen-bond donors (Lipinski definition) is 0. The van der Waals surface area contributed by atoms with Crippen LogP contribution < -0.4 is 0 Å². The van der Waals surface area contributed by atoms with Gasteiger partial charge in [-0.1, -0.05) is 26.0 Å². The molecule has 0 aliphatic heterocycles. The number of aryl methyl sites for hydroxylation is 1. The van der Waals surface area contributed by atoms with Gasteiger partial charge in [-0.2, -0.15) is 5.10 Å². The summed E-state index contributed by atoms with van der Waals surface area (Å²) in [5, 5.41) is 4.15. The Bertz CT molecular complexity index is 438. The van der Waals surface area contributed by atoms with Crippen molar-refractivity contribution in [3.8, 4) is 5.69 Å². The molecule has 2 heteroatoms. The lowest BCUT2D eigenvalue weighted by molar-refractivity contribution is 0.835. The molecule has 1 aromatic carbocycles. The first kappa shape index (κ1) is 9.97. The molecule has 0 amide bonds. The fourth-order valence-electron chi connectivity index (χ4n) is 1.58. The van der Waals surface area contributed by atoms with Crippen molar-refractivity contribution in [3.05, 3.63) is 47.8 Å². The summed E-state index contributed by atoms with van der Waals surface area (Å²) in [4.78, 5) is 0. The van der Waals surface area contributed by atoms with E-state index in [4.69, 9.17) is 0 Å². The average Bonchev–Trinajstić information content (AvgIpc) is 2.65. The molecule has 0 aliphatic rings. The minimum absolute atomic E-state index is 0.573. The summed E-state index contributed by atoms with van der Waals surface area (Å²) in [6.07, 6.45) is 2.85. The van der Waals surface area contributed by atoms with Crippen LogP contribution in [0.3, 0.4) is 0 Å². The summed E-state index contributed by atoms with van der Waals surface area (Å²) in [6.45, 7) is 6.42. The summed E-state index contributed by atoms with van der Waals surface area (Å²) in [6, 6.07) is 10.4. The largest absolute Gasteiger partial charge is 0.237 e. The molecule has 0 bridgehead atoms. The van der Waals surface area contributed by atoms with Gasteiger partial charge < -0.3 is 0 Å². The third-order valence-electron chi connectivity index (χ3n) is 2.57. The maximum atomic E-state index is 4.15. The first-order chi connectivity index (χ1) is 7.18. The van der Waals surface area contributed by atoms with Crippen molar-refractivity contribution in [3.63, 3.8) is 0 Å². The summed E-state index contributed by atoms with van der Waals surface area (Å²) in [5.74, 6) is 0.573. The maximum absolute atomic E-state index is 4.15. The molecule has 2 nitrogen and oxygen atoms in total. The van der Waals surface area contributed by atoms with Crippen LogP contribution in [0.25, 0.3) is 5.69 Å². The Labute approximate surface area is 90.6 Å². The summed E-state index contributed by atoms with van der Waals surface area (Å²) < 4.78 is 1.89. The van der Waals surface area contributed by atoms with Crippen molar-refractivity contribution in [2.75, 3.05) is 0 Å². The van der Waals surface area contributed by atoms with E-state index in [2.05, 4.69) is 49.4 Å². The van der Waals surface area contributed by atoms with Crippen LogP contribution in [0.2, 0.25) is 0 Å². The lowest BCUT2D eigenvalue weighted by Gasteiger charge is -2.08. The molecule has 2 aromatic rings. The fraction of sp³-hybridized carbons (Fsp3) is 0.308. The predicted octanol–water partition coefficient (Wildman–Crippen LogP) is 3.10. The second kappa shape index (κ2) is 3.89. The Morgan fingerprint density at radius 3 is 2.33 bits per heavy atom. The van der Waals surface area contributed by atoms with Crippen LogP contribution in [0.1, 0.15) is 31.0 Å². The normalized spacial score (nSPS) is 10.9. The second-order valence-corrected chi connectivity index (χ2v) is 4.07. The second-order valence-electron chi connectivity index (χ2n) is 4.07. The first-order valence-electron chi connectivity index (χ1n) is 5.21. The lowest BCUT2D eigenvalue weighted by Crippen LogP contribution is -1.98. The van der Waals surface area contributed by atoms with Gasteiger partial charge >= 0.3 is 0 Å². The molecule has 0 atom stereocenters. The van der Waals surface area contributed by atoms with Crippen LogP contribution in [0.4, 0.5) is 0 Å². The van der Waals surface area contributed by atoms with Crippen LogP contribution in [0.5, 0.6) is 0 Å². The molecule has 1 aromatic heterocycles. The van der Waals surface area contributed by atoms with Gasteiger partial charge in [0.1, 0.15) is 6.20 Å². The summed E-state index contributed by atoms with van der Waals surface area (Å²) in [5.41, 5.74) is 3.55. The van der Waals surface area contributed by atoms with E-state index in [0.717, 1.165) is 11.4 Å². The highest BCUT2D eigenvalue weighted by Gasteiger charge is 2.02. The van der Waals surface area contributed by atoms with Crippen molar-refractivity contribution < 1.29 is 0 Å². The molecule has 15 heavy (non-hydrogen) atoms. The van der Waals surface area contributed by atoms with Gasteiger partial charge in [0.15, 0.2) is 0 Å². The third-order valence-corrected chi connectivity index (χ3v) is 2.57. The maximum Gasteiger partial charge on any atom is 0.113 e. The molecule has 0 unspecified atom stereocenters. The van der Waals surface area contributed by atoms with Crippen LogP contribution in [0.15, 0.2) is 30.3 Å².